The van der Waals surface area contributed by atoms with Crippen molar-refractivity contribution >= 4 is 12.4 Å². The summed E-state index contributed by atoms with van der Waals surface area (Å²) in [6.07, 6.45) is 0. The maximum Gasteiger partial charge on any atom is 0.161 e. The second-order valence-corrected chi connectivity index (χ2v) is 3.16. The predicted molar refractivity (Wildman–Crippen MR) is 64.3 cm³/mol. The molecule has 0 spiro atoms. The number of nitrogens with one attached hydrogen (secondary N) is 1. The number of benzene rings is 1. The maximum absolute atomic E-state index is 5.23. The van der Waals surface area contributed by atoms with Crippen LogP contribution in [0.2, 0.25) is 0 Å². The minimum Gasteiger partial charge on any atom is -0.493 e. The lowest BCUT2D eigenvalue weighted by molar-refractivity contribution is 0.354. The third-order valence-electron chi connectivity index (χ3n) is 2.21. The van der Waals surface area contributed by atoms with Crippen molar-refractivity contribution in [2.24, 2.45) is 0 Å². The number of aryl methyl sites for hydroxylation is 1. The second kappa shape index (κ2) is 6.53. The van der Waals surface area contributed by atoms with Crippen LogP contribution in [0, 0.1) is 6.92 Å². The van der Waals surface area contributed by atoms with E-state index in [9.17, 15) is 0 Å². The fraction of sp³-hybridized carbons (Fsp3) is 0.455. The number of rotatable bonds is 4. The highest BCUT2D eigenvalue weighted by molar-refractivity contribution is 5.85. The first kappa shape index (κ1) is 14.1. The summed E-state index contributed by atoms with van der Waals surface area (Å²) in [5, 5.41) is 3.12. The average Bonchev–Trinajstić information content (AvgIpc) is 2.20. The van der Waals surface area contributed by atoms with Crippen molar-refractivity contribution in [1.82, 2.24) is 5.32 Å². The van der Waals surface area contributed by atoms with E-state index in [1.54, 1.807) is 14.2 Å². The van der Waals surface area contributed by atoms with Gasteiger partial charge in [0.2, 0.25) is 0 Å². The quantitative estimate of drug-likeness (QED) is 0.862. The van der Waals surface area contributed by atoms with Crippen molar-refractivity contribution in [1.29, 1.82) is 0 Å². The molecule has 0 aromatic heterocycles. The molecule has 0 unspecified atom stereocenters. The van der Waals surface area contributed by atoms with Gasteiger partial charge >= 0.3 is 0 Å². The van der Waals surface area contributed by atoms with Gasteiger partial charge in [-0.15, -0.1) is 12.4 Å². The molecule has 0 fully saturated rings. The van der Waals surface area contributed by atoms with Crippen LogP contribution in [-0.4, -0.2) is 21.3 Å². The first-order valence-corrected chi connectivity index (χ1v) is 4.59. The molecular weight excluding hydrogens is 214 g/mol. The number of hydrogen-bond acceptors (Lipinski definition) is 3. The van der Waals surface area contributed by atoms with Crippen molar-refractivity contribution in [2.75, 3.05) is 21.3 Å². The Morgan fingerprint density at radius 1 is 1.13 bits per heavy atom. The molecule has 0 radical (unpaired) electrons. The third kappa shape index (κ3) is 3.29. The average molecular weight is 232 g/mol. The molecule has 0 saturated carbocycles. The molecule has 3 nitrogen and oxygen atoms in total. The van der Waals surface area contributed by atoms with Crippen molar-refractivity contribution in [3.05, 3.63) is 23.3 Å². The Morgan fingerprint density at radius 2 is 1.67 bits per heavy atom. The second-order valence-electron chi connectivity index (χ2n) is 3.16. The standard InChI is InChI=1S/C11H17NO2.ClH/c1-8-5-10(13-3)11(14-4)6-9(8)7-12-2;/h5-6,12H,7H2,1-4H3;1H. The lowest BCUT2D eigenvalue weighted by atomic mass is 10.1. The molecule has 0 bridgehead atoms. The zero-order chi connectivity index (χ0) is 10.6. The minimum absolute atomic E-state index is 0. The number of hydrogen-bond donors (Lipinski definition) is 1. The minimum atomic E-state index is 0. The Labute approximate surface area is 97.2 Å². The summed E-state index contributed by atoms with van der Waals surface area (Å²) in [6, 6.07) is 4.00. The maximum atomic E-state index is 5.23. The van der Waals surface area contributed by atoms with Crippen molar-refractivity contribution in [3.8, 4) is 11.5 Å². The molecule has 86 valence electrons. The Morgan fingerprint density at radius 3 is 2.13 bits per heavy atom. The SMILES string of the molecule is CNCc1cc(OC)c(OC)cc1C.Cl. The highest BCUT2D eigenvalue weighted by Gasteiger charge is 2.07. The molecule has 0 aliphatic heterocycles. The smallest absolute Gasteiger partial charge is 0.161 e. The molecule has 0 aliphatic rings. The van der Waals surface area contributed by atoms with Gasteiger partial charge in [-0.25, -0.2) is 0 Å². The fourth-order valence-electron chi connectivity index (χ4n) is 1.40. The fourth-order valence-corrected chi connectivity index (χ4v) is 1.40. The van der Waals surface area contributed by atoms with E-state index in [-0.39, 0.29) is 12.4 Å². The summed E-state index contributed by atoms with van der Waals surface area (Å²) in [6.45, 7) is 2.90. The van der Waals surface area contributed by atoms with E-state index in [4.69, 9.17) is 9.47 Å². The third-order valence-corrected chi connectivity index (χ3v) is 2.21. The molecular formula is C11H18ClNO2. The van der Waals surface area contributed by atoms with E-state index in [0.29, 0.717) is 0 Å². The van der Waals surface area contributed by atoms with Crippen LogP contribution in [0.3, 0.4) is 0 Å². The first-order valence-electron chi connectivity index (χ1n) is 4.59. The van der Waals surface area contributed by atoms with Gasteiger partial charge in [0.25, 0.3) is 0 Å². The lowest BCUT2D eigenvalue weighted by Gasteiger charge is -2.12. The summed E-state index contributed by atoms with van der Waals surface area (Å²) in [4.78, 5) is 0. The van der Waals surface area contributed by atoms with E-state index in [2.05, 4.69) is 12.2 Å². The Bertz CT molecular complexity index is 316. The highest BCUT2D eigenvalue weighted by Crippen LogP contribution is 2.29. The molecule has 1 N–H and O–H groups in total. The molecule has 4 heteroatoms. The first-order chi connectivity index (χ1) is 6.72. The molecule has 0 amide bonds. The van der Waals surface area contributed by atoms with Gasteiger partial charge in [0, 0.05) is 6.54 Å². The van der Waals surface area contributed by atoms with Crippen LogP contribution in [0.15, 0.2) is 12.1 Å². The largest absolute Gasteiger partial charge is 0.493 e. The van der Waals surface area contributed by atoms with Crippen molar-refractivity contribution in [3.63, 3.8) is 0 Å². The Kier molecular flexibility index (Phi) is 6.13. The summed E-state index contributed by atoms with van der Waals surface area (Å²) < 4.78 is 10.4. The summed E-state index contributed by atoms with van der Waals surface area (Å²) >= 11 is 0. The highest BCUT2D eigenvalue weighted by atomic mass is 35.5. The topological polar surface area (TPSA) is 30.5 Å². The van der Waals surface area contributed by atoms with Crippen molar-refractivity contribution in [2.45, 2.75) is 13.5 Å². The van der Waals surface area contributed by atoms with Crippen LogP contribution in [0.1, 0.15) is 11.1 Å². The van der Waals surface area contributed by atoms with Gasteiger partial charge in [0.05, 0.1) is 14.2 Å². The van der Waals surface area contributed by atoms with E-state index >= 15 is 0 Å². The van der Waals surface area contributed by atoms with Crippen LogP contribution in [0.5, 0.6) is 11.5 Å². The van der Waals surface area contributed by atoms with Crippen LogP contribution >= 0.6 is 12.4 Å². The summed E-state index contributed by atoms with van der Waals surface area (Å²) in [5.41, 5.74) is 2.43. The van der Waals surface area contributed by atoms with E-state index < -0.39 is 0 Å². The molecule has 0 aliphatic carbocycles. The molecule has 0 saturated heterocycles. The van der Waals surface area contributed by atoms with Crippen LogP contribution in [0.25, 0.3) is 0 Å². The van der Waals surface area contributed by atoms with Crippen LogP contribution < -0.4 is 14.8 Å². The van der Waals surface area contributed by atoms with Gasteiger partial charge in [0.1, 0.15) is 0 Å². The number of methoxy groups -OCH3 is 2. The van der Waals surface area contributed by atoms with Crippen LogP contribution in [-0.2, 0) is 6.54 Å². The lowest BCUT2D eigenvalue weighted by Crippen LogP contribution is -2.07. The number of halogens is 1. The van der Waals surface area contributed by atoms with E-state index in [0.717, 1.165) is 18.0 Å². The normalized spacial score (nSPS) is 9.33. The molecule has 1 aromatic carbocycles. The van der Waals surface area contributed by atoms with Gasteiger partial charge < -0.3 is 14.8 Å². The number of ether oxygens (including phenoxy) is 2. The predicted octanol–water partition coefficient (Wildman–Crippen LogP) is 2.15. The summed E-state index contributed by atoms with van der Waals surface area (Å²) in [7, 11) is 5.22. The molecule has 15 heavy (non-hydrogen) atoms. The van der Waals surface area contributed by atoms with Crippen molar-refractivity contribution < 1.29 is 9.47 Å². The van der Waals surface area contributed by atoms with Gasteiger partial charge in [-0.1, -0.05) is 0 Å². The van der Waals surface area contributed by atoms with Gasteiger partial charge in [0.15, 0.2) is 11.5 Å². The molecule has 1 rings (SSSR count). The molecule has 0 heterocycles. The Balaban J connectivity index is 0.00000196. The molecule has 1 aromatic rings. The zero-order valence-electron chi connectivity index (χ0n) is 9.59. The zero-order valence-corrected chi connectivity index (χ0v) is 10.4. The van der Waals surface area contributed by atoms with E-state index in [1.807, 2.05) is 19.2 Å². The van der Waals surface area contributed by atoms with E-state index in [1.165, 1.54) is 11.1 Å². The van der Waals surface area contributed by atoms with Gasteiger partial charge in [-0.3, -0.25) is 0 Å². The summed E-state index contributed by atoms with van der Waals surface area (Å²) in [5.74, 6) is 1.56. The molecule has 0 atom stereocenters. The van der Waals surface area contributed by atoms with Crippen LogP contribution in [0.4, 0.5) is 0 Å². The Hall–Kier alpha value is -0.930. The van der Waals surface area contributed by atoms with Gasteiger partial charge in [-0.05, 0) is 37.2 Å². The van der Waals surface area contributed by atoms with Gasteiger partial charge in [-0.2, -0.15) is 0 Å². The monoisotopic (exact) mass is 231 g/mol.